The highest BCUT2D eigenvalue weighted by Gasteiger charge is 2.26. The summed E-state index contributed by atoms with van der Waals surface area (Å²) in [7, 11) is 0. The van der Waals surface area contributed by atoms with Crippen molar-refractivity contribution in [1.29, 1.82) is 0 Å². The van der Waals surface area contributed by atoms with Gasteiger partial charge in [-0.1, -0.05) is 37.1 Å². The van der Waals surface area contributed by atoms with Gasteiger partial charge in [0, 0.05) is 16.5 Å². The molecule has 1 aliphatic carbocycles. The third-order valence-corrected chi connectivity index (χ3v) is 4.66. The van der Waals surface area contributed by atoms with Crippen molar-refractivity contribution < 1.29 is 4.79 Å². The van der Waals surface area contributed by atoms with Gasteiger partial charge in [-0.15, -0.1) is 0 Å². The van der Waals surface area contributed by atoms with Crippen LogP contribution in [0.4, 0.5) is 0 Å². The number of carbonyl (C=O) groups excluding carboxylic acids is 1. The van der Waals surface area contributed by atoms with Gasteiger partial charge in [0.15, 0.2) is 5.78 Å². The van der Waals surface area contributed by atoms with Gasteiger partial charge in [0.1, 0.15) is 0 Å². The number of halogens is 1. The van der Waals surface area contributed by atoms with Crippen LogP contribution in [0.3, 0.4) is 0 Å². The van der Waals surface area contributed by atoms with E-state index in [0.29, 0.717) is 5.02 Å². The van der Waals surface area contributed by atoms with Crippen molar-refractivity contribution in [2.45, 2.75) is 46.0 Å². The SMILES string of the molecule is CCC1CCC(C(=O)c2ccc(C)c(Cl)c2)CC1. The van der Waals surface area contributed by atoms with Crippen LogP contribution in [0.2, 0.25) is 5.02 Å². The van der Waals surface area contributed by atoms with Crippen molar-refractivity contribution in [2.24, 2.45) is 11.8 Å². The van der Waals surface area contributed by atoms with Gasteiger partial charge in [-0.05, 0) is 50.2 Å². The molecule has 1 aliphatic rings. The molecule has 0 saturated heterocycles. The summed E-state index contributed by atoms with van der Waals surface area (Å²) in [5.41, 5.74) is 1.81. The van der Waals surface area contributed by atoms with Crippen molar-refractivity contribution in [3.05, 3.63) is 34.3 Å². The highest BCUT2D eigenvalue weighted by atomic mass is 35.5. The van der Waals surface area contributed by atoms with E-state index < -0.39 is 0 Å². The summed E-state index contributed by atoms with van der Waals surface area (Å²) in [6.45, 7) is 4.20. The lowest BCUT2D eigenvalue weighted by atomic mass is 9.78. The molecule has 0 spiro atoms. The van der Waals surface area contributed by atoms with E-state index in [4.69, 9.17) is 11.6 Å². The molecule has 0 heterocycles. The summed E-state index contributed by atoms with van der Waals surface area (Å²) in [4.78, 5) is 12.4. The van der Waals surface area contributed by atoms with E-state index in [0.717, 1.165) is 29.9 Å². The largest absolute Gasteiger partial charge is 0.294 e. The number of rotatable bonds is 3. The van der Waals surface area contributed by atoms with Crippen molar-refractivity contribution in [3.63, 3.8) is 0 Å². The van der Waals surface area contributed by atoms with Crippen LogP contribution < -0.4 is 0 Å². The average Bonchev–Trinajstić information content (AvgIpc) is 2.41. The van der Waals surface area contributed by atoms with E-state index in [2.05, 4.69) is 6.92 Å². The van der Waals surface area contributed by atoms with Gasteiger partial charge in [-0.3, -0.25) is 4.79 Å². The van der Waals surface area contributed by atoms with Crippen molar-refractivity contribution >= 4 is 17.4 Å². The van der Waals surface area contributed by atoms with Gasteiger partial charge in [-0.2, -0.15) is 0 Å². The number of ketones is 1. The van der Waals surface area contributed by atoms with E-state index in [1.54, 1.807) is 0 Å². The zero-order chi connectivity index (χ0) is 13.1. The highest BCUT2D eigenvalue weighted by molar-refractivity contribution is 6.31. The second-order valence-electron chi connectivity index (χ2n) is 5.45. The summed E-state index contributed by atoms with van der Waals surface area (Å²) in [5, 5.41) is 0.697. The summed E-state index contributed by atoms with van der Waals surface area (Å²) in [5.74, 6) is 1.33. The molecular weight excluding hydrogens is 244 g/mol. The normalized spacial score (nSPS) is 23.9. The summed E-state index contributed by atoms with van der Waals surface area (Å²) in [6.07, 6.45) is 5.74. The van der Waals surface area contributed by atoms with E-state index >= 15 is 0 Å². The van der Waals surface area contributed by atoms with Gasteiger partial charge in [0.05, 0.1) is 0 Å². The third-order valence-electron chi connectivity index (χ3n) is 4.25. The smallest absolute Gasteiger partial charge is 0.165 e. The fraction of sp³-hybridized carbons (Fsp3) is 0.562. The van der Waals surface area contributed by atoms with E-state index in [1.165, 1.54) is 19.3 Å². The maximum atomic E-state index is 12.4. The van der Waals surface area contributed by atoms with Crippen LogP contribution >= 0.6 is 11.6 Å². The second kappa shape index (κ2) is 5.88. The van der Waals surface area contributed by atoms with Gasteiger partial charge in [0.25, 0.3) is 0 Å². The van der Waals surface area contributed by atoms with Gasteiger partial charge < -0.3 is 0 Å². The Balaban J connectivity index is 2.05. The van der Waals surface area contributed by atoms with Gasteiger partial charge in [0.2, 0.25) is 0 Å². The zero-order valence-corrected chi connectivity index (χ0v) is 12.0. The first-order chi connectivity index (χ1) is 8.61. The second-order valence-corrected chi connectivity index (χ2v) is 5.86. The molecule has 2 heteroatoms. The highest BCUT2D eigenvalue weighted by Crippen LogP contribution is 2.33. The number of Topliss-reactive ketones (excluding diaryl/α,β-unsaturated/α-hetero) is 1. The van der Waals surface area contributed by atoms with Crippen LogP contribution in [0.25, 0.3) is 0 Å². The predicted octanol–water partition coefficient (Wildman–Crippen LogP) is 5.05. The van der Waals surface area contributed by atoms with Crippen LogP contribution in [0.5, 0.6) is 0 Å². The fourth-order valence-corrected chi connectivity index (χ4v) is 3.00. The Labute approximate surface area is 115 Å². The molecule has 0 radical (unpaired) electrons. The minimum atomic E-state index is 0.214. The van der Waals surface area contributed by atoms with E-state index in [9.17, 15) is 4.79 Å². The molecule has 0 atom stereocenters. The Morgan fingerprint density at radius 2 is 1.94 bits per heavy atom. The molecule has 1 aromatic rings. The number of benzene rings is 1. The molecule has 18 heavy (non-hydrogen) atoms. The standard InChI is InChI=1S/C16H21ClO/c1-3-12-5-8-13(9-6-12)16(18)14-7-4-11(2)15(17)10-14/h4,7,10,12-13H,3,5-6,8-9H2,1-2H3. The maximum absolute atomic E-state index is 12.4. The Hall–Kier alpha value is -0.820. The first-order valence-corrected chi connectivity index (χ1v) is 7.30. The summed E-state index contributed by atoms with van der Waals surface area (Å²) >= 11 is 6.09. The lowest BCUT2D eigenvalue weighted by molar-refractivity contribution is 0.0871. The van der Waals surface area contributed by atoms with Crippen LogP contribution in [0.15, 0.2) is 18.2 Å². The Bertz CT molecular complexity index is 431. The molecule has 2 rings (SSSR count). The monoisotopic (exact) mass is 264 g/mol. The Morgan fingerprint density at radius 3 is 2.50 bits per heavy atom. The van der Waals surface area contributed by atoms with Crippen LogP contribution in [0, 0.1) is 18.8 Å². The van der Waals surface area contributed by atoms with E-state index in [1.807, 2.05) is 25.1 Å². The molecule has 1 aromatic carbocycles. The van der Waals surface area contributed by atoms with Gasteiger partial charge >= 0.3 is 0 Å². The Morgan fingerprint density at radius 1 is 1.28 bits per heavy atom. The van der Waals surface area contributed by atoms with Gasteiger partial charge in [-0.25, -0.2) is 0 Å². The summed E-state index contributed by atoms with van der Waals surface area (Å²) < 4.78 is 0. The van der Waals surface area contributed by atoms with E-state index in [-0.39, 0.29) is 11.7 Å². The van der Waals surface area contributed by atoms with Crippen LogP contribution in [-0.2, 0) is 0 Å². The molecule has 1 nitrogen and oxygen atoms in total. The molecule has 98 valence electrons. The molecule has 0 unspecified atom stereocenters. The average molecular weight is 265 g/mol. The van der Waals surface area contributed by atoms with Crippen LogP contribution in [0.1, 0.15) is 54.9 Å². The minimum Gasteiger partial charge on any atom is -0.294 e. The number of carbonyl (C=O) groups is 1. The lowest BCUT2D eigenvalue weighted by Gasteiger charge is -2.26. The first-order valence-electron chi connectivity index (χ1n) is 6.92. The molecule has 0 amide bonds. The minimum absolute atomic E-state index is 0.214. The van der Waals surface area contributed by atoms with Crippen molar-refractivity contribution in [2.75, 3.05) is 0 Å². The molecule has 0 aromatic heterocycles. The fourth-order valence-electron chi connectivity index (χ4n) is 2.81. The molecule has 1 fully saturated rings. The third kappa shape index (κ3) is 2.95. The molecule has 0 aliphatic heterocycles. The number of hydrogen-bond acceptors (Lipinski definition) is 1. The quantitative estimate of drug-likeness (QED) is 0.699. The number of hydrogen-bond donors (Lipinski definition) is 0. The molecule has 0 N–H and O–H groups in total. The van der Waals surface area contributed by atoms with Crippen molar-refractivity contribution in [1.82, 2.24) is 0 Å². The molecular formula is C16H21ClO. The lowest BCUT2D eigenvalue weighted by Crippen LogP contribution is -2.21. The molecule has 1 saturated carbocycles. The Kier molecular flexibility index (Phi) is 4.45. The van der Waals surface area contributed by atoms with Crippen LogP contribution in [-0.4, -0.2) is 5.78 Å². The van der Waals surface area contributed by atoms with Crippen molar-refractivity contribution in [3.8, 4) is 0 Å². The number of aryl methyl sites for hydroxylation is 1. The topological polar surface area (TPSA) is 17.1 Å². The predicted molar refractivity (Wildman–Crippen MR) is 76.3 cm³/mol. The first kappa shape index (κ1) is 13.6. The molecule has 0 bridgehead atoms. The zero-order valence-electron chi connectivity index (χ0n) is 11.2. The summed E-state index contributed by atoms with van der Waals surface area (Å²) in [6, 6.07) is 5.67. The maximum Gasteiger partial charge on any atom is 0.165 e.